The van der Waals surface area contributed by atoms with E-state index in [1.807, 2.05) is 13.8 Å². The molecule has 0 aliphatic carbocycles. The highest BCUT2D eigenvalue weighted by atomic mass is 16.2. The van der Waals surface area contributed by atoms with Gasteiger partial charge in [-0.1, -0.05) is 13.8 Å². The minimum atomic E-state index is -1.29. The van der Waals surface area contributed by atoms with Crippen molar-refractivity contribution < 1.29 is 14.4 Å². The molecule has 1 saturated heterocycles. The molecule has 2 N–H and O–H groups in total. The van der Waals surface area contributed by atoms with Crippen molar-refractivity contribution in [3.8, 4) is 0 Å². The lowest BCUT2D eigenvalue weighted by atomic mass is 9.95. The van der Waals surface area contributed by atoms with Crippen LogP contribution in [0.5, 0.6) is 0 Å². The maximum absolute atomic E-state index is 11.7. The van der Waals surface area contributed by atoms with Crippen LogP contribution in [0, 0.1) is 0 Å². The molecule has 0 saturated carbocycles. The quantitative estimate of drug-likeness (QED) is 0.617. The zero-order chi connectivity index (χ0) is 11.6. The van der Waals surface area contributed by atoms with Crippen LogP contribution in [0.4, 0.5) is 4.79 Å². The predicted molar refractivity (Wildman–Crippen MR) is 53.0 cm³/mol. The van der Waals surface area contributed by atoms with E-state index in [-0.39, 0.29) is 0 Å². The van der Waals surface area contributed by atoms with E-state index in [1.165, 1.54) is 6.92 Å². The van der Waals surface area contributed by atoms with Crippen LogP contribution in [-0.4, -0.2) is 41.4 Å². The highest BCUT2D eigenvalue weighted by Gasteiger charge is 2.49. The Kier molecular flexibility index (Phi) is 3.09. The summed E-state index contributed by atoms with van der Waals surface area (Å²) in [5.41, 5.74) is -1.29. The van der Waals surface area contributed by atoms with Crippen LogP contribution in [0.15, 0.2) is 0 Å². The van der Waals surface area contributed by atoms with E-state index < -0.39 is 23.4 Å². The normalized spacial score (nSPS) is 20.1. The van der Waals surface area contributed by atoms with Gasteiger partial charge in [0.05, 0.1) is 0 Å². The maximum Gasteiger partial charge on any atom is 0.328 e. The number of imide groups is 2. The monoisotopic (exact) mass is 213 g/mol. The third kappa shape index (κ3) is 1.72. The first-order valence-corrected chi connectivity index (χ1v) is 4.88. The average molecular weight is 213 g/mol. The molecule has 1 rings (SSSR count). The fourth-order valence-corrected chi connectivity index (χ4v) is 1.73. The lowest BCUT2D eigenvalue weighted by molar-refractivity contribution is -0.146. The van der Waals surface area contributed by atoms with Gasteiger partial charge in [0.25, 0.3) is 11.8 Å². The van der Waals surface area contributed by atoms with Crippen molar-refractivity contribution in [1.29, 1.82) is 0 Å². The highest BCUT2D eigenvalue weighted by Crippen LogP contribution is 2.17. The number of barbiturate groups is 1. The molecule has 1 aliphatic heterocycles. The van der Waals surface area contributed by atoms with Crippen molar-refractivity contribution in [2.24, 2.45) is 0 Å². The van der Waals surface area contributed by atoms with Gasteiger partial charge in [0.15, 0.2) is 5.54 Å². The van der Waals surface area contributed by atoms with Crippen LogP contribution in [0.1, 0.15) is 20.8 Å². The number of nitrogens with one attached hydrogen (secondary N) is 2. The molecule has 6 heteroatoms. The van der Waals surface area contributed by atoms with E-state index in [2.05, 4.69) is 10.6 Å². The Morgan fingerprint density at radius 2 is 1.47 bits per heavy atom. The Labute approximate surface area is 88.0 Å². The maximum atomic E-state index is 11.7. The molecule has 0 unspecified atom stereocenters. The van der Waals surface area contributed by atoms with Crippen LogP contribution >= 0.6 is 0 Å². The first-order valence-electron chi connectivity index (χ1n) is 4.88. The van der Waals surface area contributed by atoms with Crippen molar-refractivity contribution in [1.82, 2.24) is 15.5 Å². The number of rotatable bonds is 3. The van der Waals surface area contributed by atoms with Crippen molar-refractivity contribution >= 4 is 17.8 Å². The van der Waals surface area contributed by atoms with Crippen LogP contribution < -0.4 is 10.6 Å². The van der Waals surface area contributed by atoms with Crippen molar-refractivity contribution in [3.05, 3.63) is 0 Å². The Morgan fingerprint density at radius 1 is 1.07 bits per heavy atom. The molecule has 0 aromatic rings. The van der Waals surface area contributed by atoms with Gasteiger partial charge in [-0.15, -0.1) is 0 Å². The Balaban J connectivity index is 3.03. The van der Waals surface area contributed by atoms with Gasteiger partial charge in [0, 0.05) is 0 Å². The molecule has 6 nitrogen and oxygen atoms in total. The summed E-state index contributed by atoms with van der Waals surface area (Å²) in [6, 6.07) is -0.755. The van der Waals surface area contributed by atoms with Crippen molar-refractivity contribution in [2.45, 2.75) is 26.3 Å². The molecule has 84 valence electrons. The number of hydrogen-bond acceptors (Lipinski definition) is 4. The molecule has 0 bridgehead atoms. The first kappa shape index (κ1) is 11.6. The first-order chi connectivity index (χ1) is 6.96. The summed E-state index contributed by atoms with van der Waals surface area (Å²) < 4.78 is 0. The second-order valence-electron chi connectivity index (χ2n) is 3.48. The fourth-order valence-electron chi connectivity index (χ4n) is 1.73. The zero-order valence-electron chi connectivity index (χ0n) is 9.09. The van der Waals surface area contributed by atoms with E-state index in [4.69, 9.17) is 0 Å². The van der Waals surface area contributed by atoms with E-state index in [9.17, 15) is 14.4 Å². The fraction of sp³-hybridized carbons (Fsp3) is 0.667. The van der Waals surface area contributed by atoms with Crippen LogP contribution in [0.2, 0.25) is 0 Å². The van der Waals surface area contributed by atoms with E-state index in [1.54, 1.807) is 4.90 Å². The van der Waals surface area contributed by atoms with Gasteiger partial charge in [-0.3, -0.25) is 25.1 Å². The van der Waals surface area contributed by atoms with E-state index in [0.717, 1.165) is 0 Å². The zero-order valence-corrected chi connectivity index (χ0v) is 9.09. The summed E-state index contributed by atoms with van der Waals surface area (Å²) in [4.78, 5) is 35.9. The number of likely N-dealkylation sites (N-methyl/N-ethyl adjacent to an activating group) is 1. The van der Waals surface area contributed by atoms with Crippen molar-refractivity contribution in [3.63, 3.8) is 0 Å². The van der Waals surface area contributed by atoms with Crippen LogP contribution in [0.25, 0.3) is 0 Å². The summed E-state index contributed by atoms with van der Waals surface area (Å²) in [7, 11) is 0. The molecule has 1 aliphatic rings. The number of urea groups is 1. The number of nitrogens with zero attached hydrogens (tertiary/aromatic N) is 1. The SMILES string of the molecule is CCN(CC)C1(C)C(=O)NC(=O)NC1=O. The predicted octanol–water partition coefficient (Wildman–Crippen LogP) is -0.547. The molecule has 0 aromatic carbocycles. The number of amides is 4. The average Bonchev–Trinajstić information content (AvgIpc) is 2.16. The highest BCUT2D eigenvalue weighted by molar-refractivity contribution is 6.22. The number of hydrogen-bond donors (Lipinski definition) is 2. The summed E-state index contributed by atoms with van der Waals surface area (Å²) in [5, 5.41) is 4.20. The molecule has 0 radical (unpaired) electrons. The smallest absolute Gasteiger partial charge is 0.282 e. The van der Waals surface area contributed by atoms with Gasteiger partial charge in [-0.2, -0.15) is 0 Å². The van der Waals surface area contributed by atoms with Gasteiger partial charge in [-0.05, 0) is 20.0 Å². The van der Waals surface area contributed by atoms with E-state index in [0.29, 0.717) is 13.1 Å². The second-order valence-corrected chi connectivity index (χ2v) is 3.48. The third-order valence-corrected chi connectivity index (χ3v) is 2.73. The lowest BCUT2D eigenvalue weighted by Gasteiger charge is -2.39. The van der Waals surface area contributed by atoms with Gasteiger partial charge < -0.3 is 0 Å². The third-order valence-electron chi connectivity index (χ3n) is 2.73. The largest absolute Gasteiger partial charge is 0.328 e. The standard InChI is InChI=1S/C9H15N3O3/c1-4-12(5-2)9(3)6(13)10-8(15)11-7(9)14/h4-5H2,1-3H3,(H2,10,11,13,14,15). The summed E-state index contributed by atoms with van der Waals surface area (Å²) in [6.45, 7) is 6.33. The Morgan fingerprint density at radius 3 is 1.80 bits per heavy atom. The molecular formula is C9H15N3O3. The Hall–Kier alpha value is -1.43. The molecular weight excluding hydrogens is 198 g/mol. The minimum absolute atomic E-state index is 0.558. The van der Waals surface area contributed by atoms with E-state index >= 15 is 0 Å². The summed E-state index contributed by atoms with van der Waals surface area (Å²) >= 11 is 0. The molecule has 15 heavy (non-hydrogen) atoms. The number of carbonyl (C=O) groups is 3. The molecule has 1 heterocycles. The van der Waals surface area contributed by atoms with Gasteiger partial charge in [0.1, 0.15) is 0 Å². The second kappa shape index (κ2) is 3.98. The molecule has 1 fully saturated rings. The van der Waals surface area contributed by atoms with Crippen LogP contribution in [-0.2, 0) is 9.59 Å². The Bertz CT molecular complexity index is 290. The minimum Gasteiger partial charge on any atom is -0.282 e. The summed E-state index contributed by atoms with van der Waals surface area (Å²) in [5.74, 6) is -1.14. The summed E-state index contributed by atoms with van der Waals surface area (Å²) in [6.07, 6.45) is 0. The molecule has 0 aromatic heterocycles. The molecule has 0 spiro atoms. The van der Waals surface area contributed by atoms with Crippen LogP contribution in [0.3, 0.4) is 0 Å². The molecule has 0 atom stereocenters. The topological polar surface area (TPSA) is 78.5 Å². The lowest BCUT2D eigenvalue weighted by Crippen LogP contribution is -2.71. The van der Waals surface area contributed by atoms with Gasteiger partial charge in [0.2, 0.25) is 0 Å². The van der Waals surface area contributed by atoms with Gasteiger partial charge >= 0.3 is 6.03 Å². The van der Waals surface area contributed by atoms with Crippen molar-refractivity contribution in [2.75, 3.05) is 13.1 Å². The van der Waals surface area contributed by atoms with Gasteiger partial charge in [-0.25, -0.2) is 4.79 Å². The number of carbonyl (C=O) groups excluding carboxylic acids is 3. The molecule has 4 amide bonds.